The largest absolute Gasteiger partial charge is 0.481 e. The molecule has 3 amide bonds. The number of ether oxygens (including phenoxy) is 5. The van der Waals surface area contributed by atoms with Crippen LogP contribution in [-0.4, -0.2) is 190 Å². The minimum absolute atomic E-state index is 0.0611. The number of hydrogen-bond donors (Lipinski definition) is 5. The van der Waals surface area contributed by atoms with Crippen molar-refractivity contribution in [2.24, 2.45) is 21.7 Å². The summed E-state index contributed by atoms with van der Waals surface area (Å²) in [7, 11) is 1.19. The Morgan fingerprint density at radius 3 is 1.22 bits per heavy atom. The molecule has 13 fully saturated rings. The van der Waals surface area contributed by atoms with Gasteiger partial charge in [-0.3, -0.25) is 9.59 Å². The lowest BCUT2D eigenvalue weighted by Gasteiger charge is -2.46. The molecule has 20 nitrogen and oxygen atoms in total. The highest BCUT2D eigenvalue weighted by molar-refractivity contribution is 6.98. The van der Waals surface area contributed by atoms with E-state index < -0.39 is 59.0 Å². The fourth-order valence-corrected chi connectivity index (χ4v) is 11.2. The van der Waals surface area contributed by atoms with Gasteiger partial charge < -0.3 is 69.7 Å². The van der Waals surface area contributed by atoms with E-state index in [2.05, 4.69) is 29.7 Å². The average Bonchev–Trinajstić information content (AvgIpc) is 4.04. The van der Waals surface area contributed by atoms with E-state index in [0.29, 0.717) is 51.4 Å². The molecule has 4 saturated carbocycles. The quantitative estimate of drug-likeness (QED) is 0.0453. The van der Waals surface area contributed by atoms with Crippen molar-refractivity contribution in [2.75, 3.05) is 53.6 Å². The van der Waals surface area contributed by atoms with Gasteiger partial charge in [-0.05, 0) is 154 Å². The molecule has 426 valence electrons. The lowest BCUT2D eigenvalue weighted by Crippen LogP contribution is -2.50. The molecule has 13 aliphatic rings. The Morgan fingerprint density at radius 1 is 0.622 bits per heavy atom. The molecule has 0 unspecified atom stereocenters. The number of hydrogen-bond acceptors (Lipinski definition) is 14. The first-order valence-electron chi connectivity index (χ1n) is 26.3. The number of esters is 1. The second kappa shape index (κ2) is 23.8. The highest BCUT2D eigenvalue weighted by atomic mass is 28.3. The molecule has 0 aromatic rings. The van der Waals surface area contributed by atoms with Gasteiger partial charge in [0.05, 0.1) is 29.1 Å². The van der Waals surface area contributed by atoms with Gasteiger partial charge in [-0.2, -0.15) is 4.79 Å². The maximum Gasteiger partial charge on any atom is 0.410 e. The summed E-state index contributed by atoms with van der Waals surface area (Å²) in [5, 5.41) is 39.4. The molecule has 13 rings (SSSR count). The molecular formula is C53H96N6O14Si. The highest BCUT2D eigenvalue weighted by Gasteiger charge is 2.65. The van der Waals surface area contributed by atoms with Crippen LogP contribution in [0, 0.1) is 21.7 Å². The molecule has 0 radical (unpaired) electrons. The van der Waals surface area contributed by atoms with Gasteiger partial charge in [-0.15, -0.1) is 0 Å². The van der Waals surface area contributed by atoms with E-state index in [0.717, 1.165) is 39.7 Å². The molecule has 74 heavy (non-hydrogen) atoms. The third-order valence-electron chi connectivity index (χ3n) is 15.3. The molecule has 9 aliphatic heterocycles. The average molecular weight is 1070 g/mol. The summed E-state index contributed by atoms with van der Waals surface area (Å²) in [6, 6.07) is 1.18. The normalized spacial score (nSPS) is 30.3. The van der Waals surface area contributed by atoms with Crippen LogP contribution in [0.2, 0.25) is 19.6 Å². The molecule has 21 heteroatoms. The van der Waals surface area contributed by atoms with Crippen LogP contribution in [0.15, 0.2) is 0 Å². The van der Waals surface area contributed by atoms with E-state index in [4.69, 9.17) is 39.4 Å². The van der Waals surface area contributed by atoms with Crippen LogP contribution in [0.4, 0.5) is 14.4 Å². The third kappa shape index (κ3) is 16.3. The smallest absolute Gasteiger partial charge is 0.410 e. The summed E-state index contributed by atoms with van der Waals surface area (Å²) < 4.78 is 25.7. The third-order valence-corrected chi connectivity index (χ3v) is 16.2. The van der Waals surface area contributed by atoms with E-state index in [1.54, 1.807) is 41.3 Å². The number of aliphatic hydroxyl groups is 3. The number of nitrogens with one attached hydrogen (secondary N) is 1. The van der Waals surface area contributed by atoms with Crippen LogP contribution in [0.5, 0.6) is 0 Å². The van der Waals surface area contributed by atoms with Crippen molar-refractivity contribution in [3.05, 3.63) is 5.53 Å². The van der Waals surface area contributed by atoms with Crippen molar-refractivity contribution >= 4 is 44.1 Å². The number of carbonyl (C=O) groups excluding carboxylic acids is 4. The number of nitrogens with zero attached hydrogens (tertiary/aromatic N) is 5. The number of carboxylic acids is 1. The number of amides is 3. The van der Waals surface area contributed by atoms with E-state index >= 15 is 0 Å². The zero-order valence-electron chi connectivity index (χ0n) is 48.3. The number of carboxylic acid groups (broad SMARTS) is 1. The number of aliphatic carboxylic acids is 1. The molecule has 0 spiro atoms. The van der Waals surface area contributed by atoms with Gasteiger partial charge in [-0.25, -0.2) is 14.4 Å². The summed E-state index contributed by atoms with van der Waals surface area (Å²) in [6.07, 6.45) is 8.30. The zero-order valence-corrected chi connectivity index (χ0v) is 49.3. The molecule has 9 heterocycles. The standard InChI is InChI=1S/C13H23NO3.C12H19NO4.C11H17NO4.C8H15NO.C4H10N2Si.C4H8O.CH4O/c1-11(2,3)17-10(15)14-8-13(12(4,5)16)6-9(14)7-13;1-11(2,3)17-10(15)13-7-12(9(14)16-4)5-8(13)6-12;1-10(2,3)16-9(15)12-6-11(8(13)14)4-7(12)5-11;1-7(2,10)8-3-6(4-8)9-5-8;1-7(2,3)4-6-5;1-2-4-5-3-1;1-2/h9,16H,6-8H2,1-5H3;8H,5-7H2,1-4H3;7H,4-6H2,1-3H3,(H,13,14);6,9-10H,3-5H2,1-2H3;4H,1-3H3;1-4H2;2H,1H3. The number of aliphatic hydroxyl groups excluding tert-OH is 1. The van der Waals surface area contributed by atoms with E-state index in [9.17, 15) is 34.2 Å². The van der Waals surface area contributed by atoms with Gasteiger partial charge >= 0.3 is 30.2 Å². The van der Waals surface area contributed by atoms with Gasteiger partial charge in [0.1, 0.15) is 16.8 Å². The highest BCUT2D eigenvalue weighted by Crippen LogP contribution is 2.58. The molecule has 9 saturated heterocycles. The van der Waals surface area contributed by atoms with E-state index in [1.165, 1.54) is 32.8 Å². The number of rotatable bonds is 5. The van der Waals surface area contributed by atoms with Crippen molar-refractivity contribution in [3.8, 4) is 0 Å². The van der Waals surface area contributed by atoms with Crippen LogP contribution in [-0.2, 0) is 33.3 Å². The summed E-state index contributed by atoms with van der Waals surface area (Å²) in [6.45, 7) is 34.7. The molecule has 5 N–H and O–H groups in total. The van der Waals surface area contributed by atoms with Gasteiger partial charge in [0.2, 0.25) is 5.84 Å². The Labute approximate surface area is 442 Å². The fraction of sp³-hybridized carbons (Fsp3) is 0.887. The SMILES string of the molecule is C1CCOC1.CC(C)(C)OC(=O)N1CC2(C(=O)O)CC1C2.CC(C)(C)OC(=O)N1CC2(C(C)(C)O)CC1C2.CC(C)(O)C12CNC(C1)C2.CO.COC(=O)C12CC(C1)N(C(=O)OC(C)(C)C)C2.C[Si](C)(C)C=[N+]=[N-]. The molecule has 8 bridgehead atoms. The summed E-state index contributed by atoms with van der Waals surface area (Å²) >= 11 is 0. The molecular weight excluding hydrogens is 973 g/mol. The van der Waals surface area contributed by atoms with Crippen molar-refractivity contribution in [3.63, 3.8) is 0 Å². The first-order valence-corrected chi connectivity index (χ1v) is 29.9. The Kier molecular flexibility index (Phi) is 20.7. The van der Waals surface area contributed by atoms with Crippen molar-refractivity contribution in [1.29, 1.82) is 0 Å². The minimum atomic E-state index is -1.20. The lowest BCUT2D eigenvalue weighted by molar-refractivity contribution is -0.155. The summed E-state index contributed by atoms with van der Waals surface area (Å²) in [5.41, 5.74) is 4.28. The lowest BCUT2D eigenvalue weighted by atomic mass is 9.61. The fourth-order valence-electron chi connectivity index (χ4n) is 10.8. The van der Waals surface area contributed by atoms with Crippen molar-refractivity contribution < 1.29 is 72.9 Å². The molecule has 4 aliphatic carbocycles. The van der Waals surface area contributed by atoms with E-state index in [1.807, 2.05) is 69.2 Å². The Hall–Kier alpha value is -3.85. The topological polar surface area (TPSA) is 271 Å². The van der Waals surface area contributed by atoms with Crippen LogP contribution in [0.25, 0.3) is 5.53 Å². The molecule has 0 aromatic carbocycles. The monoisotopic (exact) mass is 1070 g/mol. The van der Waals surface area contributed by atoms with Crippen molar-refractivity contribution in [2.45, 2.75) is 226 Å². The van der Waals surface area contributed by atoms with Crippen LogP contribution < -0.4 is 5.32 Å². The van der Waals surface area contributed by atoms with Crippen LogP contribution >= 0.6 is 0 Å². The van der Waals surface area contributed by atoms with Gasteiger partial charge in [0.25, 0.3) is 0 Å². The maximum atomic E-state index is 12.0. The van der Waals surface area contributed by atoms with Gasteiger partial charge in [0.15, 0.2) is 8.07 Å². The number of fused-ring (bicyclic) bond motifs is 4. The Bertz CT molecular complexity index is 1960. The van der Waals surface area contributed by atoms with Crippen LogP contribution in [0.3, 0.4) is 0 Å². The number of carbonyl (C=O) groups is 5. The second-order valence-electron chi connectivity index (χ2n) is 27.0. The summed E-state index contributed by atoms with van der Waals surface area (Å²) in [5.74, 6) is 0.627. The second-order valence-corrected chi connectivity index (χ2v) is 32.0. The molecule has 0 aromatic heterocycles. The zero-order chi connectivity index (χ0) is 56.9. The van der Waals surface area contributed by atoms with Crippen molar-refractivity contribution in [1.82, 2.24) is 20.0 Å². The predicted molar refractivity (Wildman–Crippen MR) is 282 cm³/mol. The van der Waals surface area contributed by atoms with E-state index in [-0.39, 0.29) is 47.1 Å². The van der Waals surface area contributed by atoms with Crippen LogP contribution in [0.1, 0.15) is 154 Å². The Balaban J connectivity index is 0.000000242. The Morgan fingerprint density at radius 2 is 0.986 bits per heavy atom. The maximum absolute atomic E-state index is 12.0. The molecule has 0 atom stereocenters. The van der Waals surface area contributed by atoms with Gasteiger partial charge in [0, 0.05) is 81.5 Å². The predicted octanol–water partition coefficient (Wildman–Crippen LogP) is 7.27. The number of methoxy groups -OCH3 is 1. The minimum Gasteiger partial charge on any atom is -0.481 e. The first kappa shape index (κ1) is 64.4. The van der Waals surface area contributed by atoms with Gasteiger partial charge in [-0.1, -0.05) is 19.6 Å². The first-order chi connectivity index (χ1) is 33.6. The summed E-state index contributed by atoms with van der Waals surface area (Å²) in [4.78, 5) is 66.3.